The Morgan fingerprint density at radius 1 is 1.50 bits per heavy atom. The summed E-state index contributed by atoms with van der Waals surface area (Å²) in [6.45, 7) is 0. The first-order valence-corrected chi connectivity index (χ1v) is 3.93. The van der Waals surface area contributed by atoms with E-state index in [1.165, 1.54) is 12.8 Å². The highest BCUT2D eigenvalue weighted by molar-refractivity contribution is 4.89. The number of hydrogen-bond acceptors (Lipinski definition) is 2. The highest BCUT2D eigenvalue weighted by Crippen LogP contribution is 2.22. The van der Waals surface area contributed by atoms with Gasteiger partial charge in [0.05, 0.1) is 6.07 Å². The summed E-state index contributed by atoms with van der Waals surface area (Å²) in [6.07, 6.45) is 4.61. The molecule has 56 valence electrons. The SMILES string of the molecule is CNC1CCCC(C#N)C1. The molecule has 10 heavy (non-hydrogen) atoms. The van der Waals surface area contributed by atoms with Crippen molar-refractivity contribution >= 4 is 0 Å². The summed E-state index contributed by atoms with van der Waals surface area (Å²) in [5.74, 6) is 0.311. The van der Waals surface area contributed by atoms with Crippen molar-refractivity contribution in [2.24, 2.45) is 5.92 Å². The molecule has 2 atom stereocenters. The fourth-order valence-electron chi connectivity index (χ4n) is 1.57. The maximum absolute atomic E-state index is 8.63. The third-order valence-electron chi connectivity index (χ3n) is 2.27. The van der Waals surface area contributed by atoms with E-state index in [-0.39, 0.29) is 0 Å². The standard InChI is InChI=1S/C8H14N2/c1-10-8-4-2-3-7(5-8)6-9/h7-8,10H,2-5H2,1H3. The molecule has 0 aromatic carbocycles. The number of nitrogens with zero attached hydrogens (tertiary/aromatic N) is 1. The Bertz CT molecular complexity index is 137. The minimum Gasteiger partial charge on any atom is -0.317 e. The van der Waals surface area contributed by atoms with E-state index in [0.29, 0.717) is 12.0 Å². The van der Waals surface area contributed by atoms with Crippen molar-refractivity contribution in [1.82, 2.24) is 5.32 Å². The lowest BCUT2D eigenvalue weighted by Gasteiger charge is -2.24. The molecule has 1 saturated carbocycles. The monoisotopic (exact) mass is 138 g/mol. The molecule has 1 aliphatic rings. The van der Waals surface area contributed by atoms with Crippen LogP contribution in [0, 0.1) is 17.2 Å². The summed E-state index contributed by atoms with van der Waals surface area (Å²) in [7, 11) is 1.98. The van der Waals surface area contributed by atoms with Crippen LogP contribution in [-0.4, -0.2) is 13.1 Å². The topological polar surface area (TPSA) is 35.8 Å². The van der Waals surface area contributed by atoms with Gasteiger partial charge in [0.1, 0.15) is 0 Å². The van der Waals surface area contributed by atoms with Gasteiger partial charge in [0.25, 0.3) is 0 Å². The van der Waals surface area contributed by atoms with Crippen molar-refractivity contribution in [3.05, 3.63) is 0 Å². The van der Waals surface area contributed by atoms with Crippen LogP contribution in [0.3, 0.4) is 0 Å². The Morgan fingerprint density at radius 3 is 2.90 bits per heavy atom. The highest BCUT2D eigenvalue weighted by atomic mass is 14.9. The maximum atomic E-state index is 8.63. The quantitative estimate of drug-likeness (QED) is 0.592. The molecule has 0 bridgehead atoms. The summed E-state index contributed by atoms with van der Waals surface area (Å²) < 4.78 is 0. The van der Waals surface area contributed by atoms with Crippen LogP contribution in [0.2, 0.25) is 0 Å². The van der Waals surface area contributed by atoms with E-state index in [2.05, 4.69) is 11.4 Å². The lowest BCUT2D eigenvalue weighted by molar-refractivity contribution is 0.343. The summed E-state index contributed by atoms with van der Waals surface area (Å²) in [4.78, 5) is 0. The van der Waals surface area contributed by atoms with Crippen molar-refractivity contribution in [3.63, 3.8) is 0 Å². The molecule has 0 aromatic rings. The van der Waals surface area contributed by atoms with Gasteiger partial charge in [-0.3, -0.25) is 0 Å². The van der Waals surface area contributed by atoms with E-state index in [1.54, 1.807) is 0 Å². The van der Waals surface area contributed by atoms with Crippen LogP contribution in [-0.2, 0) is 0 Å². The zero-order valence-corrected chi connectivity index (χ0v) is 6.43. The largest absolute Gasteiger partial charge is 0.317 e. The molecule has 1 aliphatic carbocycles. The number of rotatable bonds is 1. The van der Waals surface area contributed by atoms with Crippen LogP contribution in [0.15, 0.2) is 0 Å². The average Bonchev–Trinajstić information content (AvgIpc) is 2.05. The van der Waals surface area contributed by atoms with Gasteiger partial charge in [-0.1, -0.05) is 6.42 Å². The minimum atomic E-state index is 0.311. The third-order valence-corrected chi connectivity index (χ3v) is 2.27. The summed E-state index contributed by atoms with van der Waals surface area (Å²) in [6, 6.07) is 2.92. The Balaban J connectivity index is 2.33. The van der Waals surface area contributed by atoms with Gasteiger partial charge in [-0.25, -0.2) is 0 Å². The first-order valence-electron chi connectivity index (χ1n) is 3.93. The molecule has 0 spiro atoms. The molecule has 0 radical (unpaired) electrons. The van der Waals surface area contributed by atoms with E-state index in [9.17, 15) is 0 Å². The molecule has 0 amide bonds. The van der Waals surface area contributed by atoms with Crippen molar-refractivity contribution in [3.8, 4) is 6.07 Å². The smallest absolute Gasteiger partial charge is 0.0656 e. The average molecular weight is 138 g/mol. The predicted molar refractivity (Wildman–Crippen MR) is 40.4 cm³/mol. The van der Waals surface area contributed by atoms with Crippen molar-refractivity contribution < 1.29 is 0 Å². The summed E-state index contributed by atoms with van der Waals surface area (Å²) in [5.41, 5.74) is 0. The van der Waals surface area contributed by atoms with Crippen molar-refractivity contribution in [2.45, 2.75) is 31.7 Å². The molecule has 1 rings (SSSR count). The fourth-order valence-corrected chi connectivity index (χ4v) is 1.57. The lowest BCUT2D eigenvalue weighted by Crippen LogP contribution is -2.30. The third kappa shape index (κ3) is 1.71. The molecule has 2 unspecified atom stereocenters. The molecule has 0 aliphatic heterocycles. The van der Waals surface area contributed by atoms with Crippen LogP contribution < -0.4 is 5.32 Å². The van der Waals surface area contributed by atoms with Gasteiger partial charge in [0.2, 0.25) is 0 Å². The van der Waals surface area contributed by atoms with E-state index in [4.69, 9.17) is 5.26 Å². The Hall–Kier alpha value is -0.550. The molecule has 0 heterocycles. The van der Waals surface area contributed by atoms with Crippen molar-refractivity contribution in [1.29, 1.82) is 5.26 Å². The molecule has 2 nitrogen and oxygen atoms in total. The second-order valence-electron chi connectivity index (χ2n) is 2.98. The van der Waals surface area contributed by atoms with Crippen LogP contribution >= 0.6 is 0 Å². The van der Waals surface area contributed by atoms with Crippen LogP contribution in [0.25, 0.3) is 0 Å². The highest BCUT2D eigenvalue weighted by Gasteiger charge is 2.19. The predicted octanol–water partition coefficient (Wildman–Crippen LogP) is 1.29. The van der Waals surface area contributed by atoms with Crippen LogP contribution in [0.4, 0.5) is 0 Å². The molecular formula is C8H14N2. The zero-order valence-electron chi connectivity index (χ0n) is 6.43. The second-order valence-corrected chi connectivity index (χ2v) is 2.98. The number of nitrogens with one attached hydrogen (secondary N) is 1. The fraction of sp³-hybridized carbons (Fsp3) is 0.875. The Morgan fingerprint density at radius 2 is 2.30 bits per heavy atom. The Labute approximate surface area is 62.2 Å². The minimum absolute atomic E-state index is 0.311. The van der Waals surface area contributed by atoms with Gasteiger partial charge < -0.3 is 5.32 Å². The molecular weight excluding hydrogens is 124 g/mol. The van der Waals surface area contributed by atoms with Crippen molar-refractivity contribution in [2.75, 3.05) is 7.05 Å². The number of nitriles is 1. The van der Waals surface area contributed by atoms with Gasteiger partial charge in [-0.2, -0.15) is 5.26 Å². The summed E-state index contributed by atoms with van der Waals surface area (Å²) >= 11 is 0. The van der Waals surface area contributed by atoms with E-state index in [0.717, 1.165) is 12.8 Å². The first kappa shape index (κ1) is 7.56. The normalized spacial score (nSPS) is 33.2. The van der Waals surface area contributed by atoms with Gasteiger partial charge in [0, 0.05) is 12.0 Å². The lowest BCUT2D eigenvalue weighted by atomic mass is 9.87. The Kier molecular flexibility index (Phi) is 2.70. The summed E-state index contributed by atoms with van der Waals surface area (Å²) in [5, 5.41) is 11.8. The van der Waals surface area contributed by atoms with Crippen LogP contribution in [0.1, 0.15) is 25.7 Å². The first-order chi connectivity index (χ1) is 4.86. The zero-order chi connectivity index (χ0) is 7.40. The van der Waals surface area contributed by atoms with E-state index < -0.39 is 0 Å². The van der Waals surface area contributed by atoms with Gasteiger partial charge in [0.15, 0.2) is 0 Å². The molecule has 1 N–H and O–H groups in total. The molecule has 0 aromatic heterocycles. The van der Waals surface area contributed by atoms with E-state index in [1.807, 2.05) is 7.05 Å². The van der Waals surface area contributed by atoms with Gasteiger partial charge in [-0.05, 0) is 26.3 Å². The molecule has 0 saturated heterocycles. The van der Waals surface area contributed by atoms with Crippen LogP contribution in [0.5, 0.6) is 0 Å². The van der Waals surface area contributed by atoms with Gasteiger partial charge >= 0.3 is 0 Å². The molecule has 1 fully saturated rings. The molecule has 2 heteroatoms. The number of hydrogen-bond donors (Lipinski definition) is 1. The van der Waals surface area contributed by atoms with E-state index >= 15 is 0 Å². The van der Waals surface area contributed by atoms with Gasteiger partial charge in [-0.15, -0.1) is 0 Å². The maximum Gasteiger partial charge on any atom is 0.0656 e. The second kappa shape index (κ2) is 3.58.